The van der Waals surface area contributed by atoms with E-state index in [1.165, 1.54) is 0 Å². The summed E-state index contributed by atoms with van der Waals surface area (Å²) in [5.74, 6) is 0.536. The Hall–Kier alpha value is -3.59. The van der Waals surface area contributed by atoms with E-state index in [2.05, 4.69) is 20.7 Å². The summed E-state index contributed by atoms with van der Waals surface area (Å²) in [5, 5.41) is 29.9. The number of nitrogens with zero attached hydrogens (tertiary/aromatic N) is 4. The summed E-state index contributed by atoms with van der Waals surface area (Å²) in [6.07, 6.45) is 0. The summed E-state index contributed by atoms with van der Waals surface area (Å²) in [6, 6.07) is 22.4. The van der Waals surface area contributed by atoms with Crippen LogP contribution in [0.5, 0.6) is 5.75 Å². The van der Waals surface area contributed by atoms with Crippen molar-refractivity contribution in [1.82, 2.24) is 4.90 Å². The van der Waals surface area contributed by atoms with Crippen molar-refractivity contribution in [2.45, 2.75) is 12.1 Å². The SMILES string of the molecule is [C-]#[N+]c1ccc([C@@H](CO)N2CCN(c3ccc(OCCO)cc3C#N)[C@H](c3ccc(Cl)cc3)C2)cc1. The van der Waals surface area contributed by atoms with Crippen LogP contribution in [-0.4, -0.2) is 54.6 Å². The topological polar surface area (TPSA) is 84.3 Å². The van der Waals surface area contributed by atoms with Crippen molar-refractivity contribution in [2.75, 3.05) is 44.4 Å². The van der Waals surface area contributed by atoms with Gasteiger partial charge in [-0.3, -0.25) is 4.90 Å². The minimum atomic E-state index is -0.216. The highest BCUT2D eigenvalue weighted by Crippen LogP contribution is 2.37. The fraction of sp³-hybridized carbons (Fsp3) is 0.286. The van der Waals surface area contributed by atoms with Crippen molar-refractivity contribution in [3.63, 3.8) is 0 Å². The van der Waals surface area contributed by atoms with E-state index in [9.17, 15) is 10.4 Å². The molecule has 0 radical (unpaired) electrons. The van der Waals surface area contributed by atoms with E-state index in [1.807, 2.05) is 48.5 Å². The van der Waals surface area contributed by atoms with Crippen molar-refractivity contribution < 1.29 is 14.9 Å². The van der Waals surface area contributed by atoms with Gasteiger partial charge in [-0.2, -0.15) is 5.26 Å². The van der Waals surface area contributed by atoms with Gasteiger partial charge < -0.3 is 19.8 Å². The van der Waals surface area contributed by atoms with Gasteiger partial charge in [-0.05, 0) is 41.5 Å². The first kappa shape index (κ1) is 25.5. The van der Waals surface area contributed by atoms with Gasteiger partial charge in [0.05, 0.1) is 43.1 Å². The minimum Gasteiger partial charge on any atom is -0.491 e. The highest BCUT2D eigenvalue weighted by molar-refractivity contribution is 6.30. The molecule has 0 aliphatic carbocycles. The highest BCUT2D eigenvalue weighted by Gasteiger charge is 2.33. The predicted octanol–water partition coefficient (Wildman–Crippen LogP) is 4.73. The summed E-state index contributed by atoms with van der Waals surface area (Å²) in [7, 11) is 0. The molecule has 0 unspecified atom stereocenters. The summed E-state index contributed by atoms with van der Waals surface area (Å²) in [4.78, 5) is 7.92. The monoisotopic (exact) mass is 502 g/mol. The fourth-order valence-corrected chi connectivity index (χ4v) is 4.78. The second-order valence-electron chi connectivity index (χ2n) is 8.52. The Morgan fingerprint density at radius 1 is 1.08 bits per heavy atom. The summed E-state index contributed by atoms with van der Waals surface area (Å²) >= 11 is 6.16. The lowest BCUT2D eigenvalue weighted by molar-refractivity contribution is 0.103. The average Bonchev–Trinajstić information content (AvgIpc) is 2.93. The van der Waals surface area contributed by atoms with Gasteiger partial charge in [0, 0.05) is 24.7 Å². The molecule has 0 bridgehead atoms. The molecule has 0 amide bonds. The van der Waals surface area contributed by atoms with Gasteiger partial charge in [0.25, 0.3) is 0 Å². The molecule has 8 heteroatoms. The van der Waals surface area contributed by atoms with E-state index in [-0.39, 0.29) is 31.9 Å². The lowest BCUT2D eigenvalue weighted by Gasteiger charge is -2.46. The number of nitriles is 1. The molecule has 0 spiro atoms. The molecule has 7 nitrogen and oxygen atoms in total. The number of aliphatic hydroxyl groups excluding tert-OH is 2. The number of aliphatic hydroxyl groups is 2. The van der Waals surface area contributed by atoms with Gasteiger partial charge in [0.2, 0.25) is 0 Å². The first-order valence-electron chi connectivity index (χ1n) is 11.7. The molecule has 2 N–H and O–H groups in total. The maximum atomic E-state index is 10.3. The Bertz CT molecular complexity index is 1250. The molecule has 1 heterocycles. The third-order valence-electron chi connectivity index (χ3n) is 6.45. The van der Waals surface area contributed by atoms with Crippen LogP contribution in [0.2, 0.25) is 5.02 Å². The van der Waals surface area contributed by atoms with E-state index in [1.54, 1.807) is 18.2 Å². The van der Waals surface area contributed by atoms with Crippen LogP contribution >= 0.6 is 11.6 Å². The second kappa shape index (κ2) is 11.9. The van der Waals surface area contributed by atoms with Crippen LogP contribution in [0.25, 0.3) is 4.85 Å². The number of hydrogen-bond donors (Lipinski definition) is 2. The Kier molecular flexibility index (Phi) is 8.43. The zero-order chi connectivity index (χ0) is 25.5. The Morgan fingerprint density at radius 2 is 1.83 bits per heavy atom. The van der Waals surface area contributed by atoms with E-state index < -0.39 is 0 Å². The summed E-state index contributed by atoms with van der Waals surface area (Å²) < 4.78 is 5.50. The van der Waals surface area contributed by atoms with Crippen molar-refractivity contribution in [2.24, 2.45) is 0 Å². The number of anilines is 1. The van der Waals surface area contributed by atoms with Gasteiger partial charge in [0.1, 0.15) is 18.4 Å². The Morgan fingerprint density at radius 3 is 2.47 bits per heavy atom. The first-order valence-corrected chi connectivity index (χ1v) is 12.1. The van der Waals surface area contributed by atoms with Gasteiger partial charge >= 0.3 is 0 Å². The number of hydrogen-bond acceptors (Lipinski definition) is 6. The maximum Gasteiger partial charge on any atom is 0.187 e. The number of piperazine rings is 1. The molecule has 3 aromatic carbocycles. The van der Waals surface area contributed by atoms with E-state index >= 15 is 0 Å². The van der Waals surface area contributed by atoms with E-state index in [0.717, 1.165) is 16.8 Å². The third-order valence-corrected chi connectivity index (χ3v) is 6.70. The molecular weight excluding hydrogens is 476 g/mol. The van der Waals surface area contributed by atoms with Crippen LogP contribution in [0.3, 0.4) is 0 Å². The molecule has 2 atom stereocenters. The smallest absolute Gasteiger partial charge is 0.187 e. The largest absolute Gasteiger partial charge is 0.491 e. The van der Waals surface area contributed by atoms with Crippen LogP contribution in [0.4, 0.5) is 11.4 Å². The molecule has 1 saturated heterocycles. The van der Waals surface area contributed by atoms with Crippen LogP contribution in [-0.2, 0) is 0 Å². The third kappa shape index (κ3) is 5.62. The van der Waals surface area contributed by atoms with Gasteiger partial charge in [0.15, 0.2) is 5.69 Å². The maximum absolute atomic E-state index is 10.3. The standard InChI is InChI=1S/C28H27ClN4O3/c1-31-24-8-4-21(5-9-24)28(19-35)32-12-13-33(27(18-32)20-2-6-23(29)7-3-20)26-11-10-25(36-15-14-34)16-22(26)17-30/h2-11,16,27-28,34-35H,12-15,18-19H2/t27-,28+/m0/s1. The van der Waals surface area contributed by atoms with Crippen LogP contribution in [0, 0.1) is 17.9 Å². The average molecular weight is 503 g/mol. The minimum absolute atomic E-state index is 0.0506. The molecule has 1 aliphatic rings. The Balaban J connectivity index is 1.67. The van der Waals surface area contributed by atoms with Crippen LogP contribution in [0.1, 0.15) is 28.8 Å². The van der Waals surface area contributed by atoms with Crippen molar-refractivity contribution in [3.05, 3.63) is 99.9 Å². The van der Waals surface area contributed by atoms with Gasteiger partial charge in [-0.1, -0.05) is 48.0 Å². The molecular formula is C28H27ClN4O3. The van der Waals surface area contributed by atoms with E-state index in [0.29, 0.717) is 41.7 Å². The molecule has 4 rings (SSSR count). The molecule has 1 fully saturated rings. The van der Waals surface area contributed by atoms with Crippen molar-refractivity contribution in [3.8, 4) is 11.8 Å². The highest BCUT2D eigenvalue weighted by atomic mass is 35.5. The molecule has 0 saturated carbocycles. The summed E-state index contributed by atoms with van der Waals surface area (Å²) in [6.45, 7) is 9.13. The molecule has 1 aliphatic heterocycles. The molecule has 184 valence electrons. The van der Waals surface area contributed by atoms with Crippen LogP contribution < -0.4 is 9.64 Å². The fourth-order valence-electron chi connectivity index (χ4n) is 4.66. The number of benzene rings is 3. The van der Waals surface area contributed by atoms with Crippen molar-refractivity contribution >= 4 is 23.0 Å². The lowest BCUT2D eigenvalue weighted by atomic mass is 9.97. The number of rotatable bonds is 8. The number of ether oxygens (including phenoxy) is 1. The normalized spacial score (nSPS) is 16.7. The van der Waals surface area contributed by atoms with Gasteiger partial charge in [-0.25, -0.2) is 4.85 Å². The van der Waals surface area contributed by atoms with Crippen LogP contribution in [0.15, 0.2) is 66.7 Å². The lowest BCUT2D eigenvalue weighted by Crippen LogP contribution is -2.50. The number of halogens is 1. The molecule has 36 heavy (non-hydrogen) atoms. The van der Waals surface area contributed by atoms with E-state index in [4.69, 9.17) is 28.0 Å². The second-order valence-corrected chi connectivity index (χ2v) is 8.96. The summed E-state index contributed by atoms with van der Waals surface area (Å²) in [5.41, 5.74) is 3.86. The zero-order valence-corrected chi connectivity index (χ0v) is 20.5. The molecule has 3 aromatic rings. The van der Waals surface area contributed by atoms with Gasteiger partial charge in [-0.15, -0.1) is 0 Å². The quantitative estimate of drug-likeness (QED) is 0.433. The zero-order valence-electron chi connectivity index (χ0n) is 19.7. The first-order chi connectivity index (χ1) is 17.6. The molecule has 0 aromatic heterocycles. The predicted molar refractivity (Wildman–Crippen MR) is 139 cm³/mol. The van der Waals surface area contributed by atoms with Crippen molar-refractivity contribution in [1.29, 1.82) is 5.26 Å². The Labute approximate surface area is 216 Å².